The van der Waals surface area contributed by atoms with Gasteiger partial charge in [0.25, 0.3) is 0 Å². The summed E-state index contributed by atoms with van der Waals surface area (Å²) in [5, 5.41) is 12.9. The lowest BCUT2D eigenvalue weighted by Crippen LogP contribution is -1.97. The average molecular weight is 226 g/mol. The first-order valence-corrected chi connectivity index (χ1v) is 5.99. The molecule has 2 aromatic rings. The van der Waals surface area contributed by atoms with Gasteiger partial charge in [0.2, 0.25) is 0 Å². The van der Waals surface area contributed by atoms with E-state index in [1.165, 1.54) is 11.5 Å². The molecule has 2 aromatic heterocycles. The molecule has 1 atom stereocenters. The molecule has 2 rings (SSSR count). The van der Waals surface area contributed by atoms with Gasteiger partial charge in [0.15, 0.2) is 0 Å². The normalized spacial score (nSPS) is 13.0. The molecular weight excluding hydrogens is 216 g/mol. The largest absolute Gasteiger partial charge is 0.381 e. The summed E-state index contributed by atoms with van der Waals surface area (Å²) in [6.45, 7) is 2.06. The lowest BCUT2D eigenvalue weighted by atomic mass is 10.2. The zero-order valence-corrected chi connectivity index (χ0v) is 9.31. The Morgan fingerprint density at radius 1 is 1.57 bits per heavy atom. The van der Waals surface area contributed by atoms with Gasteiger partial charge >= 0.3 is 0 Å². The van der Waals surface area contributed by atoms with Crippen molar-refractivity contribution in [1.82, 2.24) is 9.36 Å². The van der Waals surface area contributed by atoms with Gasteiger partial charge in [-0.2, -0.15) is 0 Å². The van der Waals surface area contributed by atoms with Crippen LogP contribution in [-0.2, 0) is 6.42 Å². The zero-order valence-electron chi connectivity index (χ0n) is 7.67. The van der Waals surface area contributed by atoms with Crippen LogP contribution in [0.2, 0.25) is 0 Å². The third-order valence-electron chi connectivity index (χ3n) is 1.88. The number of aliphatic hydroxyl groups excluding tert-OH is 1. The monoisotopic (exact) mass is 226 g/mol. The van der Waals surface area contributed by atoms with Crippen molar-refractivity contribution in [3.05, 3.63) is 33.2 Å². The van der Waals surface area contributed by atoms with Crippen LogP contribution >= 0.6 is 22.9 Å². The van der Waals surface area contributed by atoms with Crippen LogP contribution in [-0.4, -0.2) is 14.5 Å². The van der Waals surface area contributed by atoms with Gasteiger partial charge in [-0.25, -0.2) is 9.36 Å². The number of aryl methyl sites for hydroxylation is 1. The maximum atomic E-state index is 9.90. The summed E-state index contributed by atoms with van der Waals surface area (Å²) in [4.78, 5) is 5.18. The summed E-state index contributed by atoms with van der Waals surface area (Å²) < 4.78 is 3.95. The summed E-state index contributed by atoms with van der Waals surface area (Å²) >= 11 is 2.90. The van der Waals surface area contributed by atoms with Gasteiger partial charge < -0.3 is 5.11 Å². The van der Waals surface area contributed by atoms with Gasteiger partial charge in [-0.15, -0.1) is 11.3 Å². The molecule has 0 radical (unpaired) electrons. The quantitative estimate of drug-likeness (QED) is 0.873. The highest BCUT2D eigenvalue weighted by Gasteiger charge is 2.14. The molecule has 0 saturated carbocycles. The van der Waals surface area contributed by atoms with Crippen molar-refractivity contribution >= 4 is 22.9 Å². The van der Waals surface area contributed by atoms with Crippen molar-refractivity contribution in [3.63, 3.8) is 0 Å². The summed E-state index contributed by atoms with van der Waals surface area (Å²) in [7, 11) is 0. The fraction of sp³-hybridized carbons (Fsp3) is 0.333. The van der Waals surface area contributed by atoms with Crippen LogP contribution in [0.4, 0.5) is 0 Å². The number of thiazole rings is 1. The minimum atomic E-state index is -0.612. The number of hydrogen-bond donors (Lipinski definition) is 1. The summed E-state index contributed by atoms with van der Waals surface area (Å²) in [6, 6.07) is 1.82. The van der Waals surface area contributed by atoms with E-state index in [1.54, 1.807) is 17.5 Å². The van der Waals surface area contributed by atoms with E-state index in [9.17, 15) is 5.11 Å². The molecule has 0 fully saturated rings. The molecule has 0 spiro atoms. The standard InChI is InChI=1S/C9H10N2OS2/c1-2-8-11-6(5-13-8)9(12)7-3-4-10-14-7/h3-5,9,12H,2H2,1H3. The van der Waals surface area contributed by atoms with Crippen LogP contribution in [0.15, 0.2) is 17.6 Å². The fourth-order valence-corrected chi connectivity index (χ4v) is 2.47. The third kappa shape index (κ3) is 1.84. The molecule has 0 amide bonds. The highest BCUT2D eigenvalue weighted by Crippen LogP contribution is 2.25. The van der Waals surface area contributed by atoms with Gasteiger partial charge in [0.1, 0.15) is 6.10 Å². The van der Waals surface area contributed by atoms with Crippen LogP contribution in [0.1, 0.15) is 28.6 Å². The molecule has 1 unspecified atom stereocenters. The Morgan fingerprint density at radius 2 is 2.43 bits per heavy atom. The molecule has 0 aliphatic carbocycles. The molecule has 5 heteroatoms. The van der Waals surface area contributed by atoms with E-state index in [1.807, 2.05) is 11.4 Å². The molecule has 0 aliphatic rings. The molecule has 3 nitrogen and oxygen atoms in total. The van der Waals surface area contributed by atoms with Crippen molar-refractivity contribution < 1.29 is 5.11 Å². The first-order valence-electron chi connectivity index (χ1n) is 4.34. The second-order valence-corrected chi connectivity index (χ2v) is 4.64. The first kappa shape index (κ1) is 9.76. The van der Waals surface area contributed by atoms with Crippen LogP contribution in [0.3, 0.4) is 0 Å². The molecule has 14 heavy (non-hydrogen) atoms. The van der Waals surface area contributed by atoms with Crippen LogP contribution in [0, 0.1) is 0 Å². The minimum Gasteiger partial charge on any atom is -0.381 e. The Labute approximate surface area is 90.2 Å². The van der Waals surface area contributed by atoms with Crippen molar-refractivity contribution in [1.29, 1.82) is 0 Å². The van der Waals surface area contributed by atoms with Crippen LogP contribution in [0.5, 0.6) is 0 Å². The smallest absolute Gasteiger partial charge is 0.132 e. The fourth-order valence-electron chi connectivity index (χ4n) is 1.13. The van der Waals surface area contributed by atoms with Gasteiger partial charge in [0, 0.05) is 11.6 Å². The summed E-state index contributed by atoms with van der Waals surface area (Å²) in [5.74, 6) is 0. The molecular formula is C9H10N2OS2. The third-order valence-corrected chi connectivity index (χ3v) is 3.69. The van der Waals surface area contributed by atoms with E-state index in [0.29, 0.717) is 0 Å². The maximum Gasteiger partial charge on any atom is 0.132 e. The zero-order chi connectivity index (χ0) is 9.97. The average Bonchev–Trinajstić information content (AvgIpc) is 2.88. The Kier molecular flexibility index (Phi) is 2.90. The molecule has 0 aromatic carbocycles. The number of nitrogens with zero attached hydrogens (tertiary/aromatic N) is 2. The van der Waals surface area contributed by atoms with Gasteiger partial charge in [0.05, 0.1) is 15.6 Å². The first-order chi connectivity index (χ1) is 6.81. The summed E-state index contributed by atoms with van der Waals surface area (Å²) in [6.07, 6.45) is 2.00. The second kappa shape index (κ2) is 4.16. The molecule has 2 heterocycles. The van der Waals surface area contributed by atoms with Crippen molar-refractivity contribution in [3.8, 4) is 0 Å². The van der Waals surface area contributed by atoms with Gasteiger partial charge in [-0.3, -0.25) is 0 Å². The molecule has 0 aliphatic heterocycles. The van der Waals surface area contributed by atoms with E-state index in [0.717, 1.165) is 22.0 Å². The second-order valence-electron chi connectivity index (χ2n) is 2.84. The lowest BCUT2D eigenvalue weighted by molar-refractivity contribution is 0.220. The topological polar surface area (TPSA) is 46.0 Å². The Bertz CT molecular complexity index is 397. The van der Waals surface area contributed by atoms with E-state index in [-0.39, 0.29) is 0 Å². The van der Waals surface area contributed by atoms with Crippen molar-refractivity contribution in [2.45, 2.75) is 19.4 Å². The SMILES string of the molecule is CCc1nc(C(O)c2ccns2)cs1. The highest BCUT2D eigenvalue weighted by molar-refractivity contribution is 7.09. The predicted molar refractivity (Wildman–Crippen MR) is 57.7 cm³/mol. The summed E-state index contributed by atoms with van der Waals surface area (Å²) in [5.41, 5.74) is 0.733. The Morgan fingerprint density at radius 3 is 3.00 bits per heavy atom. The van der Waals surface area contributed by atoms with E-state index < -0.39 is 6.10 Å². The Balaban J connectivity index is 2.23. The molecule has 1 N–H and O–H groups in total. The van der Waals surface area contributed by atoms with Crippen LogP contribution < -0.4 is 0 Å². The van der Waals surface area contributed by atoms with E-state index >= 15 is 0 Å². The van der Waals surface area contributed by atoms with E-state index in [4.69, 9.17) is 0 Å². The number of aliphatic hydroxyl groups is 1. The van der Waals surface area contributed by atoms with Crippen LogP contribution in [0.25, 0.3) is 0 Å². The lowest BCUT2D eigenvalue weighted by Gasteiger charge is -2.02. The number of aromatic nitrogens is 2. The predicted octanol–water partition coefficient (Wildman–Crippen LogP) is 2.24. The highest BCUT2D eigenvalue weighted by atomic mass is 32.1. The van der Waals surface area contributed by atoms with Gasteiger partial charge in [-0.1, -0.05) is 6.92 Å². The number of hydrogen-bond acceptors (Lipinski definition) is 5. The van der Waals surface area contributed by atoms with E-state index in [2.05, 4.69) is 16.3 Å². The molecule has 0 saturated heterocycles. The maximum absolute atomic E-state index is 9.90. The van der Waals surface area contributed by atoms with Crippen molar-refractivity contribution in [2.75, 3.05) is 0 Å². The Hall–Kier alpha value is -0.780. The minimum absolute atomic E-state index is 0.612. The molecule has 0 bridgehead atoms. The number of rotatable bonds is 3. The van der Waals surface area contributed by atoms with Crippen molar-refractivity contribution in [2.24, 2.45) is 0 Å². The van der Waals surface area contributed by atoms with Gasteiger partial charge in [-0.05, 0) is 24.0 Å². The molecule has 74 valence electrons.